The molecule has 0 aliphatic heterocycles. The van der Waals surface area contributed by atoms with Crippen LogP contribution in [0.5, 0.6) is 5.75 Å². The second kappa shape index (κ2) is 6.24. The lowest BCUT2D eigenvalue weighted by molar-refractivity contribution is 0.121. The van der Waals surface area contributed by atoms with Crippen molar-refractivity contribution in [2.24, 2.45) is 5.92 Å². The zero-order valence-electron chi connectivity index (χ0n) is 10.7. The first-order chi connectivity index (χ1) is 8.74. The van der Waals surface area contributed by atoms with Crippen LogP contribution in [-0.4, -0.2) is 6.10 Å². The smallest absolute Gasteiger partial charge is 0.138 e. The molecule has 0 heterocycles. The van der Waals surface area contributed by atoms with E-state index >= 15 is 0 Å². The molecule has 1 fully saturated rings. The lowest BCUT2D eigenvalue weighted by Gasteiger charge is -2.29. The van der Waals surface area contributed by atoms with Gasteiger partial charge in [-0.2, -0.15) is 5.26 Å². The molecule has 0 N–H and O–H groups in total. The van der Waals surface area contributed by atoms with Gasteiger partial charge >= 0.3 is 0 Å². The van der Waals surface area contributed by atoms with Crippen molar-refractivity contribution >= 4 is 15.9 Å². The van der Waals surface area contributed by atoms with Crippen LogP contribution >= 0.6 is 15.9 Å². The number of halogens is 1. The Morgan fingerprint density at radius 3 is 3.00 bits per heavy atom. The largest absolute Gasteiger partial charge is 0.489 e. The van der Waals surface area contributed by atoms with E-state index in [4.69, 9.17) is 10.00 Å². The Morgan fingerprint density at radius 1 is 1.44 bits per heavy atom. The van der Waals surface area contributed by atoms with E-state index in [0.717, 1.165) is 23.2 Å². The lowest BCUT2D eigenvalue weighted by Crippen LogP contribution is -2.25. The number of nitriles is 1. The van der Waals surface area contributed by atoms with Crippen LogP contribution in [0.3, 0.4) is 0 Å². The molecule has 1 aromatic carbocycles. The highest BCUT2D eigenvalue weighted by atomic mass is 79.9. The highest BCUT2D eigenvalue weighted by Gasteiger charge is 2.23. The van der Waals surface area contributed by atoms with Gasteiger partial charge in [-0.25, -0.2) is 0 Å². The van der Waals surface area contributed by atoms with Crippen LogP contribution in [-0.2, 0) is 0 Å². The molecule has 96 valence electrons. The Bertz CT molecular complexity index is 452. The topological polar surface area (TPSA) is 33.0 Å². The molecule has 3 heteroatoms. The van der Waals surface area contributed by atoms with E-state index in [1.54, 1.807) is 0 Å². The van der Waals surface area contributed by atoms with E-state index in [1.807, 2.05) is 18.2 Å². The average Bonchev–Trinajstić information content (AvgIpc) is 2.39. The fourth-order valence-electron chi connectivity index (χ4n) is 2.61. The summed E-state index contributed by atoms with van der Waals surface area (Å²) in [4.78, 5) is 0. The van der Waals surface area contributed by atoms with E-state index in [9.17, 15) is 0 Å². The van der Waals surface area contributed by atoms with E-state index < -0.39 is 0 Å². The standard InChI is InChI=1S/C15H18BrNO/c1-2-11-5-3-6-12(9-11)18-15-8-4-7-14(16)13(15)10-17/h4,7-8,11-12H,2-3,5-6,9H2,1H3. The van der Waals surface area contributed by atoms with Crippen LogP contribution in [0.1, 0.15) is 44.6 Å². The first-order valence-electron chi connectivity index (χ1n) is 6.59. The molecule has 0 spiro atoms. The minimum atomic E-state index is 0.269. The van der Waals surface area contributed by atoms with Gasteiger partial charge in [0.05, 0.1) is 6.10 Å². The number of nitrogens with zero attached hydrogens (tertiary/aromatic N) is 1. The molecule has 2 nitrogen and oxygen atoms in total. The predicted molar refractivity (Wildman–Crippen MR) is 75.5 cm³/mol. The summed E-state index contributed by atoms with van der Waals surface area (Å²) in [6, 6.07) is 7.89. The minimum absolute atomic E-state index is 0.269. The summed E-state index contributed by atoms with van der Waals surface area (Å²) in [5, 5.41) is 9.17. The Balaban J connectivity index is 2.10. The second-order valence-electron chi connectivity index (χ2n) is 4.91. The second-order valence-corrected chi connectivity index (χ2v) is 5.76. The maximum atomic E-state index is 9.17. The minimum Gasteiger partial charge on any atom is -0.489 e. The van der Waals surface area contributed by atoms with Crippen LogP contribution in [0.15, 0.2) is 22.7 Å². The van der Waals surface area contributed by atoms with Gasteiger partial charge in [0, 0.05) is 4.47 Å². The molecule has 2 rings (SSSR count). The van der Waals surface area contributed by atoms with Gasteiger partial charge in [-0.1, -0.05) is 25.8 Å². The van der Waals surface area contributed by atoms with Gasteiger partial charge in [0.2, 0.25) is 0 Å². The predicted octanol–water partition coefficient (Wildman–Crippen LogP) is 4.67. The Kier molecular flexibility index (Phi) is 4.66. The summed E-state index contributed by atoms with van der Waals surface area (Å²) in [6.45, 7) is 2.24. The van der Waals surface area contributed by atoms with Crippen molar-refractivity contribution < 1.29 is 4.74 Å². The van der Waals surface area contributed by atoms with Crippen LogP contribution < -0.4 is 4.74 Å². The number of rotatable bonds is 3. The summed E-state index contributed by atoms with van der Waals surface area (Å²) >= 11 is 3.40. The molecule has 0 amide bonds. The molecule has 18 heavy (non-hydrogen) atoms. The van der Waals surface area contributed by atoms with E-state index in [0.29, 0.717) is 11.3 Å². The quantitative estimate of drug-likeness (QED) is 0.813. The van der Waals surface area contributed by atoms with E-state index in [-0.39, 0.29) is 6.10 Å². The lowest BCUT2D eigenvalue weighted by atomic mass is 9.85. The Labute approximate surface area is 117 Å². The van der Waals surface area contributed by atoms with Crippen LogP contribution in [0.25, 0.3) is 0 Å². The van der Waals surface area contributed by atoms with Crippen LogP contribution in [0, 0.1) is 17.2 Å². The third kappa shape index (κ3) is 3.05. The fraction of sp³-hybridized carbons (Fsp3) is 0.533. The van der Waals surface area contributed by atoms with Gasteiger partial charge in [0.25, 0.3) is 0 Å². The van der Waals surface area contributed by atoms with Crippen molar-refractivity contribution in [1.82, 2.24) is 0 Å². The van der Waals surface area contributed by atoms with Crippen molar-refractivity contribution in [3.8, 4) is 11.8 Å². The highest BCUT2D eigenvalue weighted by molar-refractivity contribution is 9.10. The molecule has 0 radical (unpaired) electrons. The van der Waals surface area contributed by atoms with Crippen molar-refractivity contribution in [3.05, 3.63) is 28.2 Å². The monoisotopic (exact) mass is 307 g/mol. The third-order valence-electron chi connectivity index (χ3n) is 3.69. The van der Waals surface area contributed by atoms with Gasteiger partial charge in [0.1, 0.15) is 17.4 Å². The van der Waals surface area contributed by atoms with E-state index in [2.05, 4.69) is 28.9 Å². The van der Waals surface area contributed by atoms with Crippen molar-refractivity contribution in [3.63, 3.8) is 0 Å². The van der Waals surface area contributed by atoms with Crippen molar-refractivity contribution in [1.29, 1.82) is 5.26 Å². The average molecular weight is 308 g/mol. The molecule has 0 bridgehead atoms. The number of hydrogen-bond donors (Lipinski definition) is 0. The summed E-state index contributed by atoms with van der Waals surface area (Å²) in [5.74, 6) is 1.50. The fourth-order valence-corrected chi connectivity index (χ4v) is 3.05. The van der Waals surface area contributed by atoms with Crippen LogP contribution in [0.4, 0.5) is 0 Å². The van der Waals surface area contributed by atoms with Gasteiger partial charge in [0.15, 0.2) is 0 Å². The molecular weight excluding hydrogens is 290 g/mol. The molecule has 0 saturated heterocycles. The normalized spacial score (nSPS) is 23.4. The Hall–Kier alpha value is -1.01. The Morgan fingerprint density at radius 2 is 2.28 bits per heavy atom. The van der Waals surface area contributed by atoms with Crippen LogP contribution in [0.2, 0.25) is 0 Å². The molecule has 0 aromatic heterocycles. The zero-order valence-corrected chi connectivity index (χ0v) is 12.2. The van der Waals surface area contributed by atoms with Gasteiger partial charge in [-0.3, -0.25) is 0 Å². The highest BCUT2D eigenvalue weighted by Crippen LogP contribution is 2.32. The molecule has 2 unspecified atom stereocenters. The summed E-state index contributed by atoms with van der Waals surface area (Å²) in [5.41, 5.74) is 0.608. The molecule has 1 aliphatic rings. The first-order valence-corrected chi connectivity index (χ1v) is 7.39. The maximum absolute atomic E-state index is 9.17. The maximum Gasteiger partial charge on any atom is 0.138 e. The van der Waals surface area contributed by atoms with E-state index in [1.165, 1.54) is 19.3 Å². The zero-order chi connectivity index (χ0) is 13.0. The third-order valence-corrected chi connectivity index (χ3v) is 4.35. The SMILES string of the molecule is CCC1CCCC(Oc2cccc(Br)c2C#N)C1. The number of ether oxygens (including phenoxy) is 1. The summed E-state index contributed by atoms with van der Waals surface area (Å²) in [6.07, 6.45) is 6.27. The van der Waals surface area contributed by atoms with Crippen molar-refractivity contribution in [2.45, 2.75) is 45.1 Å². The van der Waals surface area contributed by atoms with Gasteiger partial charge < -0.3 is 4.74 Å². The molecule has 1 aliphatic carbocycles. The summed E-state index contributed by atoms with van der Waals surface area (Å²) in [7, 11) is 0. The van der Waals surface area contributed by atoms with Gasteiger partial charge in [-0.05, 0) is 53.2 Å². The van der Waals surface area contributed by atoms with Crippen molar-refractivity contribution in [2.75, 3.05) is 0 Å². The first kappa shape index (κ1) is 13.4. The number of benzene rings is 1. The molecule has 1 saturated carbocycles. The van der Waals surface area contributed by atoms with Gasteiger partial charge in [-0.15, -0.1) is 0 Å². The summed E-state index contributed by atoms with van der Waals surface area (Å²) < 4.78 is 6.85. The molecule has 2 atom stereocenters. The molecule has 1 aromatic rings. The number of hydrogen-bond acceptors (Lipinski definition) is 2. The molecular formula is C15H18BrNO.